The molecule has 0 amide bonds. The van der Waals surface area contributed by atoms with Crippen molar-refractivity contribution in [1.82, 2.24) is 4.98 Å². The fourth-order valence-corrected chi connectivity index (χ4v) is 1.52. The van der Waals surface area contributed by atoms with Crippen LogP contribution in [0.15, 0.2) is 12.3 Å². The highest BCUT2D eigenvalue weighted by Gasteiger charge is 2.07. The summed E-state index contributed by atoms with van der Waals surface area (Å²) >= 11 is 0. The summed E-state index contributed by atoms with van der Waals surface area (Å²) in [6.45, 7) is 7.28. The Morgan fingerprint density at radius 2 is 2.20 bits per heavy atom. The van der Waals surface area contributed by atoms with Crippen LogP contribution in [0.5, 0.6) is 0 Å². The van der Waals surface area contributed by atoms with Crippen molar-refractivity contribution in [2.75, 3.05) is 11.9 Å². The molecule has 1 rings (SSSR count). The quantitative estimate of drug-likeness (QED) is 0.780. The van der Waals surface area contributed by atoms with Crippen molar-refractivity contribution < 1.29 is 0 Å². The molecule has 3 nitrogen and oxygen atoms in total. The second-order valence-corrected chi connectivity index (χ2v) is 3.87. The lowest BCUT2D eigenvalue weighted by Gasteiger charge is -2.13. The number of pyridine rings is 1. The zero-order valence-electron chi connectivity index (χ0n) is 9.88. The third kappa shape index (κ3) is 3.20. The molecule has 0 fully saturated rings. The van der Waals surface area contributed by atoms with Crippen LogP contribution >= 0.6 is 0 Å². The number of hydrogen-bond donors (Lipinski definition) is 2. The molecule has 0 unspecified atom stereocenters. The highest BCUT2D eigenvalue weighted by atomic mass is 15.0. The van der Waals surface area contributed by atoms with Crippen LogP contribution in [0.3, 0.4) is 0 Å². The first kappa shape index (κ1) is 12.0. The van der Waals surface area contributed by atoms with Crippen molar-refractivity contribution in [1.29, 1.82) is 0 Å². The molecule has 0 aliphatic heterocycles. The molecule has 1 heterocycles. The van der Waals surface area contributed by atoms with Gasteiger partial charge in [0.1, 0.15) is 5.82 Å². The van der Waals surface area contributed by atoms with Crippen molar-refractivity contribution in [2.45, 2.75) is 39.7 Å². The zero-order valence-corrected chi connectivity index (χ0v) is 9.88. The van der Waals surface area contributed by atoms with Crippen LogP contribution in [0.25, 0.3) is 0 Å². The van der Waals surface area contributed by atoms with Crippen LogP contribution in [0, 0.1) is 6.92 Å². The summed E-state index contributed by atoms with van der Waals surface area (Å²) in [5.74, 6) is 0.946. The third-order valence-electron chi connectivity index (χ3n) is 2.55. The number of nitrogens with one attached hydrogen (secondary N) is 1. The van der Waals surface area contributed by atoms with Crippen LogP contribution in [0.1, 0.15) is 43.9 Å². The van der Waals surface area contributed by atoms with Gasteiger partial charge >= 0.3 is 0 Å². The van der Waals surface area contributed by atoms with Crippen molar-refractivity contribution >= 4 is 5.82 Å². The second-order valence-electron chi connectivity index (χ2n) is 3.87. The smallest absolute Gasteiger partial charge is 0.126 e. The van der Waals surface area contributed by atoms with Gasteiger partial charge in [0.15, 0.2) is 0 Å². The largest absolute Gasteiger partial charge is 0.370 e. The molecule has 0 saturated heterocycles. The van der Waals surface area contributed by atoms with E-state index in [9.17, 15) is 0 Å². The molecule has 3 heteroatoms. The van der Waals surface area contributed by atoms with E-state index in [1.54, 1.807) is 0 Å². The van der Waals surface area contributed by atoms with Crippen molar-refractivity contribution in [2.24, 2.45) is 5.73 Å². The van der Waals surface area contributed by atoms with E-state index in [0.717, 1.165) is 30.8 Å². The molecule has 0 radical (unpaired) electrons. The number of hydrogen-bond acceptors (Lipinski definition) is 3. The van der Waals surface area contributed by atoms with Crippen molar-refractivity contribution in [3.63, 3.8) is 0 Å². The molecule has 15 heavy (non-hydrogen) atoms. The van der Waals surface area contributed by atoms with Gasteiger partial charge in [-0.25, -0.2) is 4.98 Å². The van der Waals surface area contributed by atoms with E-state index in [0.29, 0.717) is 0 Å². The van der Waals surface area contributed by atoms with E-state index in [1.807, 2.05) is 6.20 Å². The first-order valence-electron chi connectivity index (χ1n) is 5.65. The number of nitrogens with zero attached hydrogens (tertiary/aromatic N) is 1. The Kier molecular flexibility index (Phi) is 4.56. The van der Waals surface area contributed by atoms with Gasteiger partial charge in [0, 0.05) is 18.8 Å². The van der Waals surface area contributed by atoms with Crippen molar-refractivity contribution in [3.05, 3.63) is 23.4 Å². The minimum Gasteiger partial charge on any atom is -0.370 e. The maximum atomic E-state index is 5.98. The Labute approximate surface area is 92.1 Å². The minimum absolute atomic E-state index is 0.109. The van der Waals surface area contributed by atoms with Gasteiger partial charge in [-0.3, -0.25) is 0 Å². The standard InChI is InChI=1S/C12H21N3/c1-4-6-14-12-7-9(3)10(8-15-12)11(13)5-2/h7-8,11H,4-6,13H2,1-3H3,(H,14,15)/t11-/m0/s1. The van der Waals surface area contributed by atoms with E-state index in [4.69, 9.17) is 5.73 Å². The number of rotatable bonds is 5. The van der Waals surface area contributed by atoms with Crippen molar-refractivity contribution in [3.8, 4) is 0 Å². The molecule has 3 N–H and O–H groups in total. The normalized spacial score (nSPS) is 12.5. The summed E-state index contributed by atoms with van der Waals surface area (Å²) < 4.78 is 0. The number of aryl methyl sites for hydroxylation is 1. The predicted octanol–water partition coefficient (Wildman–Crippen LogP) is 2.62. The maximum absolute atomic E-state index is 5.98. The van der Waals surface area contributed by atoms with Gasteiger partial charge < -0.3 is 11.1 Å². The fraction of sp³-hybridized carbons (Fsp3) is 0.583. The van der Waals surface area contributed by atoms with Gasteiger partial charge in [-0.05, 0) is 37.0 Å². The predicted molar refractivity (Wildman–Crippen MR) is 65.0 cm³/mol. The van der Waals surface area contributed by atoms with E-state index >= 15 is 0 Å². The van der Waals surface area contributed by atoms with Crippen LogP contribution in [0.4, 0.5) is 5.82 Å². The number of anilines is 1. The minimum atomic E-state index is 0.109. The van der Waals surface area contributed by atoms with Gasteiger partial charge in [0.25, 0.3) is 0 Å². The van der Waals surface area contributed by atoms with E-state index in [2.05, 4.69) is 37.1 Å². The number of aromatic nitrogens is 1. The Morgan fingerprint density at radius 3 is 2.73 bits per heavy atom. The fourth-order valence-electron chi connectivity index (χ4n) is 1.52. The Bertz CT molecular complexity index is 310. The van der Waals surface area contributed by atoms with E-state index in [-0.39, 0.29) is 6.04 Å². The molecule has 0 aliphatic rings. The highest BCUT2D eigenvalue weighted by Crippen LogP contribution is 2.19. The lowest BCUT2D eigenvalue weighted by molar-refractivity contribution is 0.690. The van der Waals surface area contributed by atoms with Crippen LogP contribution in [0.2, 0.25) is 0 Å². The lowest BCUT2D eigenvalue weighted by atomic mass is 10.0. The Hall–Kier alpha value is -1.09. The summed E-state index contributed by atoms with van der Waals surface area (Å²) in [6, 6.07) is 2.18. The van der Waals surface area contributed by atoms with Crippen LogP contribution < -0.4 is 11.1 Å². The summed E-state index contributed by atoms with van der Waals surface area (Å²) in [6.07, 6.45) is 3.95. The molecular weight excluding hydrogens is 186 g/mol. The molecule has 0 aliphatic carbocycles. The third-order valence-corrected chi connectivity index (χ3v) is 2.55. The van der Waals surface area contributed by atoms with E-state index in [1.165, 1.54) is 5.56 Å². The van der Waals surface area contributed by atoms with Crippen LogP contribution in [-0.2, 0) is 0 Å². The molecule has 1 aromatic heterocycles. The first-order chi connectivity index (χ1) is 7.19. The second kappa shape index (κ2) is 5.71. The first-order valence-corrected chi connectivity index (χ1v) is 5.65. The molecule has 0 spiro atoms. The highest BCUT2D eigenvalue weighted by molar-refractivity contribution is 5.41. The zero-order chi connectivity index (χ0) is 11.3. The van der Waals surface area contributed by atoms with Gasteiger partial charge in [0.05, 0.1) is 0 Å². The maximum Gasteiger partial charge on any atom is 0.126 e. The average molecular weight is 207 g/mol. The summed E-state index contributed by atoms with van der Waals surface area (Å²) in [5, 5.41) is 3.27. The van der Waals surface area contributed by atoms with Gasteiger partial charge in [-0.2, -0.15) is 0 Å². The topological polar surface area (TPSA) is 50.9 Å². The van der Waals surface area contributed by atoms with Gasteiger partial charge in [-0.1, -0.05) is 13.8 Å². The average Bonchev–Trinajstić information content (AvgIpc) is 2.25. The molecule has 84 valence electrons. The SMILES string of the molecule is CCCNc1cc(C)c([C@@H](N)CC)cn1. The lowest BCUT2D eigenvalue weighted by Crippen LogP contribution is -2.11. The van der Waals surface area contributed by atoms with Crippen LogP contribution in [-0.4, -0.2) is 11.5 Å². The monoisotopic (exact) mass is 207 g/mol. The van der Waals surface area contributed by atoms with E-state index < -0.39 is 0 Å². The molecule has 0 bridgehead atoms. The van der Waals surface area contributed by atoms with Gasteiger partial charge in [-0.15, -0.1) is 0 Å². The molecular formula is C12H21N3. The Balaban J connectivity index is 2.78. The summed E-state index contributed by atoms with van der Waals surface area (Å²) in [7, 11) is 0. The molecule has 1 aromatic rings. The summed E-state index contributed by atoms with van der Waals surface area (Å²) in [4.78, 5) is 4.35. The Morgan fingerprint density at radius 1 is 1.47 bits per heavy atom. The molecule has 0 saturated carbocycles. The summed E-state index contributed by atoms with van der Waals surface area (Å²) in [5.41, 5.74) is 8.36. The molecule has 0 aromatic carbocycles. The molecule has 1 atom stereocenters. The number of nitrogens with two attached hydrogens (primary N) is 1. The van der Waals surface area contributed by atoms with Gasteiger partial charge in [0.2, 0.25) is 0 Å².